The largest absolute Gasteiger partial charge is 0.481 e. The van der Waals surface area contributed by atoms with Gasteiger partial charge in [0.25, 0.3) is 0 Å². The van der Waals surface area contributed by atoms with Crippen molar-refractivity contribution < 1.29 is 19.4 Å². The highest BCUT2D eigenvalue weighted by molar-refractivity contribution is 5.80. The molecule has 1 heterocycles. The van der Waals surface area contributed by atoms with E-state index < -0.39 is 5.97 Å². The van der Waals surface area contributed by atoms with E-state index in [2.05, 4.69) is 0 Å². The molecule has 0 radical (unpaired) electrons. The highest BCUT2D eigenvalue weighted by Gasteiger charge is 2.37. The summed E-state index contributed by atoms with van der Waals surface area (Å²) < 4.78 is 5.56. The summed E-state index contributed by atoms with van der Waals surface area (Å²) in [5, 5.41) is 8.59. The number of carbonyl (C=O) groups is 2. The zero-order valence-electron chi connectivity index (χ0n) is 10.7. The molecule has 1 aliphatic heterocycles. The van der Waals surface area contributed by atoms with Gasteiger partial charge in [-0.25, -0.2) is 0 Å². The molecular formula is C12H21NO4. The summed E-state index contributed by atoms with van der Waals surface area (Å²) in [4.78, 5) is 24.1. The van der Waals surface area contributed by atoms with Crippen molar-refractivity contribution in [1.29, 1.82) is 0 Å². The Morgan fingerprint density at radius 2 is 2.12 bits per heavy atom. The molecule has 0 saturated carbocycles. The highest BCUT2D eigenvalue weighted by Crippen LogP contribution is 2.28. The number of ether oxygens (including phenoxy) is 1. The normalized spacial score (nSPS) is 24.0. The number of hydrogen-bond acceptors (Lipinski definition) is 3. The molecule has 1 N–H and O–H groups in total. The number of carboxylic acids is 1. The van der Waals surface area contributed by atoms with Crippen molar-refractivity contribution in [3.8, 4) is 0 Å². The fourth-order valence-corrected chi connectivity index (χ4v) is 2.19. The summed E-state index contributed by atoms with van der Waals surface area (Å²) in [6.07, 6.45) is 0.691. The Kier molecular flexibility index (Phi) is 4.93. The van der Waals surface area contributed by atoms with Gasteiger partial charge in [0.05, 0.1) is 18.4 Å². The first-order valence-electron chi connectivity index (χ1n) is 6.02. The minimum atomic E-state index is -0.882. The molecule has 1 fully saturated rings. The number of rotatable bonds is 5. The van der Waals surface area contributed by atoms with Crippen molar-refractivity contribution in [1.82, 2.24) is 4.90 Å². The molecule has 1 amide bonds. The average Bonchev–Trinajstić information content (AvgIpc) is 2.73. The number of hydrogen-bond donors (Lipinski definition) is 1. The summed E-state index contributed by atoms with van der Waals surface area (Å²) in [6.45, 7) is 4.95. The van der Waals surface area contributed by atoms with Crippen LogP contribution in [-0.2, 0) is 14.3 Å². The predicted molar refractivity (Wildman–Crippen MR) is 62.6 cm³/mol. The maximum Gasteiger partial charge on any atom is 0.305 e. The van der Waals surface area contributed by atoms with Crippen LogP contribution in [0.15, 0.2) is 0 Å². The summed E-state index contributed by atoms with van der Waals surface area (Å²) in [7, 11) is 1.65. The van der Waals surface area contributed by atoms with Crippen molar-refractivity contribution in [2.45, 2.75) is 32.8 Å². The van der Waals surface area contributed by atoms with Gasteiger partial charge in [0.1, 0.15) is 0 Å². The van der Waals surface area contributed by atoms with Gasteiger partial charge in [-0.05, 0) is 12.3 Å². The third-order valence-corrected chi connectivity index (χ3v) is 3.15. The lowest BCUT2D eigenvalue weighted by Gasteiger charge is -2.25. The van der Waals surface area contributed by atoms with Crippen LogP contribution < -0.4 is 0 Å². The Hall–Kier alpha value is -1.10. The molecule has 0 aromatic carbocycles. The Morgan fingerprint density at radius 1 is 1.47 bits per heavy atom. The Bertz CT molecular complexity index is 290. The second-order valence-electron chi connectivity index (χ2n) is 4.88. The molecule has 5 heteroatoms. The van der Waals surface area contributed by atoms with Crippen LogP contribution in [0.2, 0.25) is 0 Å². The molecule has 5 nitrogen and oxygen atoms in total. The van der Waals surface area contributed by atoms with Gasteiger partial charge < -0.3 is 14.7 Å². The quantitative estimate of drug-likeness (QED) is 0.781. The standard InChI is InChI=1S/C12H21NO4/c1-8(2)11-9(5-7-17-11)12(16)13(3)6-4-10(14)15/h8-9,11H,4-7H2,1-3H3,(H,14,15). The first kappa shape index (κ1) is 14.0. The average molecular weight is 243 g/mol. The Morgan fingerprint density at radius 3 is 2.65 bits per heavy atom. The first-order valence-corrected chi connectivity index (χ1v) is 6.02. The second kappa shape index (κ2) is 6.00. The van der Waals surface area contributed by atoms with Gasteiger partial charge in [-0.3, -0.25) is 9.59 Å². The van der Waals surface area contributed by atoms with Crippen LogP contribution in [0.4, 0.5) is 0 Å². The molecule has 17 heavy (non-hydrogen) atoms. The minimum absolute atomic E-state index is 0.00227. The number of carbonyl (C=O) groups excluding carboxylic acids is 1. The minimum Gasteiger partial charge on any atom is -0.481 e. The number of aliphatic carboxylic acids is 1. The van der Waals surface area contributed by atoms with E-state index in [9.17, 15) is 9.59 Å². The third kappa shape index (κ3) is 3.70. The van der Waals surface area contributed by atoms with E-state index in [0.29, 0.717) is 12.5 Å². The molecule has 1 aliphatic rings. The zero-order valence-corrected chi connectivity index (χ0v) is 10.7. The summed E-state index contributed by atoms with van der Waals surface area (Å²) >= 11 is 0. The van der Waals surface area contributed by atoms with Crippen molar-refractivity contribution in [2.75, 3.05) is 20.2 Å². The van der Waals surface area contributed by atoms with Crippen LogP contribution in [0.5, 0.6) is 0 Å². The van der Waals surface area contributed by atoms with Crippen molar-refractivity contribution >= 4 is 11.9 Å². The molecule has 0 spiro atoms. The topological polar surface area (TPSA) is 66.8 Å². The fourth-order valence-electron chi connectivity index (χ4n) is 2.19. The van der Waals surface area contributed by atoms with Gasteiger partial charge in [-0.1, -0.05) is 13.8 Å². The SMILES string of the molecule is CC(C)C1OCCC1C(=O)N(C)CCC(=O)O. The van der Waals surface area contributed by atoms with Gasteiger partial charge in [0.2, 0.25) is 5.91 Å². The second-order valence-corrected chi connectivity index (χ2v) is 4.88. The maximum atomic E-state index is 12.1. The van der Waals surface area contributed by atoms with Crippen LogP contribution in [0, 0.1) is 11.8 Å². The number of amides is 1. The molecule has 2 atom stereocenters. The molecule has 1 rings (SSSR count). The van der Waals surface area contributed by atoms with E-state index in [1.54, 1.807) is 7.05 Å². The van der Waals surface area contributed by atoms with Crippen LogP contribution in [0.1, 0.15) is 26.7 Å². The molecule has 2 unspecified atom stereocenters. The first-order chi connectivity index (χ1) is 7.93. The van der Waals surface area contributed by atoms with E-state index in [0.717, 1.165) is 6.42 Å². The van der Waals surface area contributed by atoms with Crippen LogP contribution in [0.3, 0.4) is 0 Å². The molecule has 98 valence electrons. The third-order valence-electron chi connectivity index (χ3n) is 3.15. The van der Waals surface area contributed by atoms with Gasteiger partial charge in [0.15, 0.2) is 0 Å². The molecule has 0 aromatic heterocycles. The molecule has 0 aromatic rings. The lowest BCUT2D eigenvalue weighted by molar-refractivity contribution is -0.140. The smallest absolute Gasteiger partial charge is 0.305 e. The summed E-state index contributed by atoms with van der Waals surface area (Å²) in [6, 6.07) is 0. The molecule has 1 saturated heterocycles. The van der Waals surface area contributed by atoms with E-state index in [4.69, 9.17) is 9.84 Å². The van der Waals surface area contributed by atoms with Gasteiger partial charge >= 0.3 is 5.97 Å². The van der Waals surface area contributed by atoms with Crippen LogP contribution >= 0.6 is 0 Å². The van der Waals surface area contributed by atoms with Gasteiger partial charge in [0, 0.05) is 20.2 Å². The van der Waals surface area contributed by atoms with Crippen molar-refractivity contribution in [3.05, 3.63) is 0 Å². The number of nitrogens with zero attached hydrogens (tertiary/aromatic N) is 1. The highest BCUT2D eigenvalue weighted by atomic mass is 16.5. The van der Waals surface area contributed by atoms with E-state index in [1.807, 2.05) is 13.8 Å². The monoisotopic (exact) mass is 243 g/mol. The summed E-state index contributed by atoms with van der Waals surface area (Å²) in [5.74, 6) is -0.691. The van der Waals surface area contributed by atoms with Crippen LogP contribution in [0.25, 0.3) is 0 Å². The van der Waals surface area contributed by atoms with Gasteiger partial charge in [-0.15, -0.1) is 0 Å². The van der Waals surface area contributed by atoms with E-state index in [-0.39, 0.29) is 30.9 Å². The van der Waals surface area contributed by atoms with Crippen molar-refractivity contribution in [2.24, 2.45) is 11.8 Å². The van der Waals surface area contributed by atoms with Crippen molar-refractivity contribution in [3.63, 3.8) is 0 Å². The van der Waals surface area contributed by atoms with Crippen LogP contribution in [-0.4, -0.2) is 48.2 Å². The molecule has 0 aliphatic carbocycles. The maximum absolute atomic E-state index is 12.1. The molecular weight excluding hydrogens is 222 g/mol. The van der Waals surface area contributed by atoms with Gasteiger partial charge in [-0.2, -0.15) is 0 Å². The fraction of sp³-hybridized carbons (Fsp3) is 0.833. The Labute approximate surface area is 102 Å². The Balaban J connectivity index is 2.53. The lowest BCUT2D eigenvalue weighted by Crippen LogP contribution is -2.39. The summed E-state index contributed by atoms with van der Waals surface area (Å²) in [5.41, 5.74) is 0. The predicted octanol–water partition coefficient (Wildman–Crippen LogP) is 0.981. The zero-order chi connectivity index (χ0) is 13.0. The lowest BCUT2D eigenvalue weighted by atomic mass is 9.92. The molecule has 0 bridgehead atoms. The van der Waals surface area contributed by atoms with E-state index >= 15 is 0 Å². The van der Waals surface area contributed by atoms with E-state index in [1.165, 1.54) is 4.90 Å². The number of carboxylic acid groups (broad SMARTS) is 1.